The van der Waals surface area contributed by atoms with Crippen molar-refractivity contribution in [1.82, 2.24) is 5.32 Å². The molecule has 0 bridgehead atoms. The summed E-state index contributed by atoms with van der Waals surface area (Å²) in [6, 6.07) is 15.6. The quantitative estimate of drug-likeness (QED) is 0.161. The Balaban J connectivity index is 2.33. The molecule has 0 saturated heterocycles. The van der Waals surface area contributed by atoms with Crippen LogP contribution in [-0.4, -0.2) is 18.9 Å². The van der Waals surface area contributed by atoms with E-state index in [1.165, 1.54) is 45.2 Å². The van der Waals surface area contributed by atoms with Crippen molar-refractivity contribution in [3.63, 3.8) is 0 Å². The molecule has 39 heavy (non-hydrogen) atoms. The van der Waals surface area contributed by atoms with Gasteiger partial charge in [-0.25, -0.2) is 0 Å². The summed E-state index contributed by atoms with van der Waals surface area (Å²) in [6.45, 7) is 6.57. The van der Waals surface area contributed by atoms with Gasteiger partial charge in [-0.2, -0.15) is 26.3 Å². The molecular weight excluding hydrogens is 522 g/mol. The van der Waals surface area contributed by atoms with E-state index in [1.807, 2.05) is 6.07 Å². The number of ether oxygens (including phenoxy) is 2. The fraction of sp³-hybridized carbons (Fsp3) is 0.207. The molecule has 0 unspecified atom stereocenters. The molecule has 0 radical (unpaired) electrons. The van der Waals surface area contributed by atoms with E-state index in [9.17, 15) is 26.3 Å². The van der Waals surface area contributed by atoms with E-state index in [0.717, 1.165) is 11.6 Å². The molecule has 0 heterocycles. The van der Waals surface area contributed by atoms with Gasteiger partial charge in [0.1, 0.15) is 23.8 Å². The summed E-state index contributed by atoms with van der Waals surface area (Å²) >= 11 is 0. The number of halogens is 6. The van der Waals surface area contributed by atoms with Crippen molar-refractivity contribution in [3.8, 4) is 22.6 Å². The SMILES string of the molecule is C=C(C)Oc1c(/C(=C/C(=N)C(F)(F)F)NC)ccc(OCc2ccccc2)c1-c1ccc(C)c(C(F)(F)F)c1. The monoisotopic (exact) mass is 548 g/mol. The summed E-state index contributed by atoms with van der Waals surface area (Å²) < 4.78 is 92.8. The molecule has 2 N–H and O–H groups in total. The maximum atomic E-state index is 13.8. The lowest BCUT2D eigenvalue weighted by molar-refractivity contribution is -0.138. The van der Waals surface area contributed by atoms with Crippen LogP contribution in [0, 0.1) is 12.3 Å². The lowest BCUT2D eigenvalue weighted by atomic mass is 9.95. The normalized spacial score (nSPS) is 12.2. The molecule has 10 heteroatoms. The third-order valence-corrected chi connectivity index (χ3v) is 5.62. The van der Waals surface area contributed by atoms with Gasteiger partial charge in [-0.05, 0) is 54.8 Å². The number of hydrogen-bond donors (Lipinski definition) is 2. The Kier molecular flexibility index (Phi) is 8.78. The second-order valence-corrected chi connectivity index (χ2v) is 8.64. The highest BCUT2D eigenvalue weighted by atomic mass is 19.4. The molecule has 3 rings (SSSR count). The molecule has 0 aliphatic heterocycles. The molecular formula is C29H26F6N2O2. The van der Waals surface area contributed by atoms with Crippen LogP contribution in [0.15, 0.2) is 79.1 Å². The Morgan fingerprint density at radius 1 is 1.00 bits per heavy atom. The van der Waals surface area contributed by atoms with Crippen molar-refractivity contribution in [3.05, 3.63) is 101 Å². The van der Waals surface area contributed by atoms with E-state index in [1.54, 1.807) is 24.3 Å². The third kappa shape index (κ3) is 7.22. The van der Waals surface area contributed by atoms with Gasteiger partial charge >= 0.3 is 12.4 Å². The molecule has 0 aromatic heterocycles. The molecule has 3 aromatic carbocycles. The van der Waals surface area contributed by atoms with E-state index in [4.69, 9.17) is 14.9 Å². The molecule has 0 saturated carbocycles. The standard InChI is InChI=1S/C29H26F6N2O2/c1-17(2)39-27-21(23(37-4)15-25(36)29(33,34)35)12-13-24(38-16-19-8-6-5-7-9-19)26(27)20-11-10-18(3)22(14-20)28(30,31)32/h5-15,36-37H,1,16H2,2-4H3/b23-15-,36-25?. The van der Waals surface area contributed by atoms with Gasteiger partial charge in [0.05, 0.1) is 16.9 Å². The molecule has 0 amide bonds. The van der Waals surface area contributed by atoms with Gasteiger partial charge < -0.3 is 14.8 Å². The minimum atomic E-state index is -4.92. The van der Waals surface area contributed by atoms with Crippen LogP contribution in [0.1, 0.15) is 29.2 Å². The Morgan fingerprint density at radius 2 is 1.67 bits per heavy atom. The Hall–Kier alpha value is -4.21. The minimum absolute atomic E-state index is 0.00837. The van der Waals surface area contributed by atoms with Crippen LogP contribution in [-0.2, 0) is 12.8 Å². The fourth-order valence-corrected chi connectivity index (χ4v) is 3.78. The second-order valence-electron chi connectivity index (χ2n) is 8.64. The van der Waals surface area contributed by atoms with E-state index in [2.05, 4.69) is 11.9 Å². The highest BCUT2D eigenvalue weighted by Gasteiger charge is 2.35. The summed E-state index contributed by atoms with van der Waals surface area (Å²) in [4.78, 5) is 0. The molecule has 0 fully saturated rings. The highest BCUT2D eigenvalue weighted by Crippen LogP contribution is 2.46. The van der Waals surface area contributed by atoms with Gasteiger partial charge in [0.15, 0.2) is 0 Å². The van der Waals surface area contributed by atoms with Crippen molar-refractivity contribution in [1.29, 1.82) is 5.41 Å². The fourth-order valence-electron chi connectivity index (χ4n) is 3.78. The maximum absolute atomic E-state index is 13.8. The molecule has 0 spiro atoms. The van der Waals surface area contributed by atoms with Gasteiger partial charge in [0.25, 0.3) is 0 Å². The number of allylic oxidation sites excluding steroid dienone is 2. The third-order valence-electron chi connectivity index (χ3n) is 5.62. The van der Waals surface area contributed by atoms with Gasteiger partial charge in [-0.1, -0.05) is 49.0 Å². The Morgan fingerprint density at radius 3 is 2.23 bits per heavy atom. The van der Waals surface area contributed by atoms with Gasteiger partial charge in [-0.15, -0.1) is 0 Å². The zero-order valence-electron chi connectivity index (χ0n) is 21.3. The second kappa shape index (κ2) is 11.7. The van der Waals surface area contributed by atoms with Crippen LogP contribution >= 0.6 is 0 Å². The summed E-state index contributed by atoms with van der Waals surface area (Å²) in [7, 11) is 1.35. The number of alkyl halides is 6. The van der Waals surface area contributed by atoms with Crippen LogP contribution in [0.25, 0.3) is 16.8 Å². The average molecular weight is 549 g/mol. The lowest BCUT2D eigenvalue weighted by Gasteiger charge is -2.22. The topological polar surface area (TPSA) is 54.3 Å². The smallest absolute Gasteiger partial charge is 0.432 e. The van der Waals surface area contributed by atoms with E-state index >= 15 is 0 Å². The first kappa shape index (κ1) is 29.3. The number of rotatable bonds is 9. The zero-order valence-corrected chi connectivity index (χ0v) is 21.3. The van der Waals surface area contributed by atoms with Crippen molar-refractivity contribution in [2.45, 2.75) is 32.8 Å². The van der Waals surface area contributed by atoms with Crippen LogP contribution in [0.5, 0.6) is 11.5 Å². The van der Waals surface area contributed by atoms with Crippen LogP contribution in [0.2, 0.25) is 0 Å². The zero-order chi connectivity index (χ0) is 29.0. The van der Waals surface area contributed by atoms with Gasteiger partial charge in [-0.3, -0.25) is 5.41 Å². The summed E-state index contributed by atoms with van der Waals surface area (Å²) in [5.74, 6) is 0.181. The van der Waals surface area contributed by atoms with Crippen molar-refractivity contribution >= 4 is 11.4 Å². The average Bonchev–Trinajstić information content (AvgIpc) is 2.85. The van der Waals surface area contributed by atoms with E-state index in [0.29, 0.717) is 6.08 Å². The Bertz CT molecular complexity index is 1390. The van der Waals surface area contributed by atoms with E-state index < -0.39 is 23.6 Å². The van der Waals surface area contributed by atoms with Crippen LogP contribution < -0.4 is 14.8 Å². The largest absolute Gasteiger partial charge is 0.488 e. The summed E-state index contributed by atoms with van der Waals surface area (Å²) in [6.07, 6.45) is -9.00. The number of nitrogens with one attached hydrogen (secondary N) is 2. The number of aryl methyl sites for hydroxylation is 1. The molecule has 3 aromatic rings. The first-order valence-electron chi connectivity index (χ1n) is 11.6. The van der Waals surface area contributed by atoms with Crippen molar-refractivity contribution in [2.75, 3.05) is 7.05 Å². The van der Waals surface area contributed by atoms with Crippen LogP contribution in [0.3, 0.4) is 0 Å². The molecule has 0 aliphatic carbocycles. The van der Waals surface area contributed by atoms with E-state index in [-0.39, 0.29) is 51.8 Å². The predicted octanol–water partition coefficient (Wildman–Crippen LogP) is 8.31. The first-order valence-corrected chi connectivity index (χ1v) is 11.6. The van der Waals surface area contributed by atoms with Crippen LogP contribution in [0.4, 0.5) is 26.3 Å². The number of hydrogen-bond acceptors (Lipinski definition) is 4. The lowest BCUT2D eigenvalue weighted by Crippen LogP contribution is -2.21. The minimum Gasteiger partial charge on any atom is -0.488 e. The van der Waals surface area contributed by atoms with Crippen molar-refractivity contribution < 1.29 is 35.8 Å². The Labute approximate surface area is 222 Å². The number of benzene rings is 3. The maximum Gasteiger partial charge on any atom is 0.432 e. The molecule has 4 nitrogen and oxygen atoms in total. The molecule has 206 valence electrons. The first-order chi connectivity index (χ1) is 18.2. The summed E-state index contributed by atoms with van der Waals surface area (Å²) in [5, 5.41) is 10.1. The molecule has 0 aliphatic rings. The highest BCUT2D eigenvalue weighted by molar-refractivity contribution is 6.03. The summed E-state index contributed by atoms with van der Waals surface area (Å²) in [5.41, 5.74) is -1.68. The predicted molar refractivity (Wildman–Crippen MR) is 139 cm³/mol. The van der Waals surface area contributed by atoms with Crippen molar-refractivity contribution in [2.24, 2.45) is 0 Å². The van der Waals surface area contributed by atoms with Gasteiger partial charge in [0, 0.05) is 18.3 Å². The van der Waals surface area contributed by atoms with Gasteiger partial charge in [0.2, 0.25) is 0 Å². The molecule has 0 atom stereocenters.